The Kier molecular flexibility index (Phi) is 5.71. The van der Waals surface area contributed by atoms with Gasteiger partial charge in [0.15, 0.2) is 11.6 Å². The van der Waals surface area contributed by atoms with Crippen molar-refractivity contribution in [2.24, 2.45) is 0 Å². The molecule has 4 rings (SSSR count). The van der Waals surface area contributed by atoms with Gasteiger partial charge in [0.25, 0.3) is 0 Å². The van der Waals surface area contributed by atoms with E-state index in [9.17, 15) is 21.8 Å². The van der Waals surface area contributed by atoms with Gasteiger partial charge in [-0.1, -0.05) is 48.5 Å². The van der Waals surface area contributed by atoms with E-state index in [4.69, 9.17) is 0 Å². The van der Waals surface area contributed by atoms with E-state index < -0.39 is 29.0 Å². The Labute approximate surface area is 180 Å². The summed E-state index contributed by atoms with van der Waals surface area (Å²) < 4.78 is 65.0. The Balaban J connectivity index is 2.24. The molecule has 0 aliphatic carbocycles. The molecule has 0 aliphatic heterocycles. The topological polar surface area (TPSA) is 57.2 Å². The maximum Gasteiger partial charge on any atom is 0.162 e. The average molecular weight is 454 g/mol. The van der Waals surface area contributed by atoms with Crippen LogP contribution in [0, 0.1) is 11.6 Å². The van der Waals surface area contributed by atoms with E-state index in [0.29, 0.717) is 15.9 Å². The fourth-order valence-electron chi connectivity index (χ4n) is 3.81. The zero-order valence-electron chi connectivity index (χ0n) is 16.2. The predicted molar refractivity (Wildman–Crippen MR) is 119 cm³/mol. The lowest BCUT2D eigenvalue weighted by Crippen LogP contribution is -2.40. The Morgan fingerprint density at radius 2 is 1.13 bits per heavy atom. The zero-order chi connectivity index (χ0) is 22.1. The first kappa shape index (κ1) is 21.3. The fourth-order valence-corrected chi connectivity index (χ4v) is 9.41. The van der Waals surface area contributed by atoms with Crippen molar-refractivity contribution in [1.29, 1.82) is 0 Å². The summed E-state index contributed by atoms with van der Waals surface area (Å²) in [6.45, 7) is 0. The molecule has 0 radical (unpaired) electrons. The van der Waals surface area contributed by atoms with Gasteiger partial charge in [-0.2, -0.15) is 0 Å². The molecule has 0 saturated heterocycles. The summed E-state index contributed by atoms with van der Waals surface area (Å²) in [6, 6.07) is 27.6. The van der Waals surface area contributed by atoms with Gasteiger partial charge >= 0.3 is 0 Å². The molecule has 0 fully saturated rings. The summed E-state index contributed by atoms with van der Waals surface area (Å²) in [5, 5.41) is 2.10. The number of benzene rings is 4. The molecule has 0 spiro atoms. The number of hydrogen-bond acceptors (Lipinski definition) is 3. The summed E-state index contributed by atoms with van der Waals surface area (Å²) in [4.78, 5) is -0.374. The monoisotopic (exact) mass is 454 g/mol. The van der Waals surface area contributed by atoms with Crippen LogP contribution >= 0.6 is 7.26 Å². The van der Waals surface area contributed by atoms with Gasteiger partial charge in [-0.15, -0.1) is 0 Å². The Morgan fingerprint density at radius 1 is 0.613 bits per heavy atom. The predicted octanol–water partition coefficient (Wildman–Crippen LogP) is 3.49. The Bertz CT molecular complexity index is 1290. The molecular formula is C24H17F2O3PS. The molecule has 156 valence electrons. The van der Waals surface area contributed by atoms with E-state index in [0.717, 1.165) is 12.1 Å². The molecule has 0 amide bonds. The molecule has 0 unspecified atom stereocenters. The maximum absolute atomic E-state index is 14.5. The van der Waals surface area contributed by atoms with Crippen molar-refractivity contribution in [1.82, 2.24) is 0 Å². The van der Waals surface area contributed by atoms with Gasteiger partial charge in [0.2, 0.25) is 0 Å². The fraction of sp³-hybridized carbons (Fsp3) is 0. The first-order valence-electron chi connectivity index (χ1n) is 9.36. The lowest BCUT2D eigenvalue weighted by molar-refractivity contribution is 0.463. The Morgan fingerprint density at radius 3 is 1.65 bits per heavy atom. The molecule has 31 heavy (non-hydrogen) atoms. The summed E-state index contributed by atoms with van der Waals surface area (Å²) in [5.74, 6) is -2.05. The molecule has 4 aromatic rings. The number of halogens is 2. The molecule has 0 atom stereocenters. The lowest BCUT2D eigenvalue weighted by Gasteiger charge is -2.29. The SMILES string of the molecule is O=S(=O)([O-])c1ccccc1[P+](c1ccccc1)(c1ccccc1)c1ccc(F)c(F)c1. The van der Waals surface area contributed by atoms with Crippen molar-refractivity contribution >= 4 is 38.6 Å². The van der Waals surface area contributed by atoms with Gasteiger partial charge < -0.3 is 4.55 Å². The van der Waals surface area contributed by atoms with E-state index in [1.54, 1.807) is 36.4 Å². The highest BCUT2D eigenvalue weighted by atomic mass is 32.2. The van der Waals surface area contributed by atoms with Gasteiger partial charge in [-0.3, -0.25) is 0 Å². The first-order valence-corrected chi connectivity index (χ1v) is 12.6. The van der Waals surface area contributed by atoms with E-state index in [2.05, 4.69) is 0 Å². The molecule has 0 aromatic heterocycles. The molecule has 0 aliphatic rings. The van der Waals surface area contributed by atoms with Gasteiger partial charge in [0.05, 0.1) is 4.90 Å². The van der Waals surface area contributed by atoms with Crippen molar-refractivity contribution in [3.05, 3.63) is 115 Å². The minimum Gasteiger partial charge on any atom is -0.744 e. The Hall–Kier alpha value is -2.92. The third-order valence-electron chi connectivity index (χ3n) is 5.07. The van der Waals surface area contributed by atoms with E-state index in [-0.39, 0.29) is 10.2 Å². The minimum absolute atomic E-state index is 0.272. The normalized spacial score (nSPS) is 12.0. The maximum atomic E-state index is 14.5. The smallest absolute Gasteiger partial charge is 0.162 e. The van der Waals surface area contributed by atoms with Gasteiger partial charge in [-0.05, 0) is 48.5 Å². The van der Waals surface area contributed by atoms with Crippen LogP contribution in [0.1, 0.15) is 0 Å². The molecular weight excluding hydrogens is 437 g/mol. The summed E-state index contributed by atoms with van der Waals surface area (Å²) >= 11 is 0. The van der Waals surface area contributed by atoms with E-state index in [1.165, 1.54) is 18.2 Å². The van der Waals surface area contributed by atoms with Crippen LogP contribution in [0.3, 0.4) is 0 Å². The molecule has 0 N–H and O–H groups in total. The second-order valence-electron chi connectivity index (χ2n) is 6.86. The van der Waals surface area contributed by atoms with Crippen molar-refractivity contribution in [3.63, 3.8) is 0 Å². The minimum atomic E-state index is -4.85. The number of hydrogen-bond donors (Lipinski definition) is 0. The molecule has 0 bridgehead atoms. The quantitative estimate of drug-likeness (QED) is 0.343. The van der Waals surface area contributed by atoms with Crippen LogP contribution in [0.5, 0.6) is 0 Å². The van der Waals surface area contributed by atoms with Gasteiger partial charge in [0.1, 0.15) is 38.6 Å². The van der Waals surface area contributed by atoms with Crippen LogP contribution in [-0.4, -0.2) is 13.0 Å². The highest BCUT2D eigenvalue weighted by Crippen LogP contribution is 2.55. The zero-order valence-corrected chi connectivity index (χ0v) is 17.9. The first-order chi connectivity index (χ1) is 14.8. The number of rotatable bonds is 5. The summed E-state index contributed by atoms with van der Waals surface area (Å²) in [6.07, 6.45) is 0. The van der Waals surface area contributed by atoms with Gasteiger partial charge in [0, 0.05) is 6.07 Å². The van der Waals surface area contributed by atoms with Crippen molar-refractivity contribution in [2.45, 2.75) is 4.90 Å². The van der Waals surface area contributed by atoms with Crippen molar-refractivity contribution < 1.29 is 21.8 Å². The van der Waals surface area contributed by atoms with Crippen LogP contribution in [-0.2, 0) is 10.1 Å². The summed E-state index contributed by atoms with van der Waals surface area (Å²) in [5.41, 5.74) is 0. The highest BCUT2D eigenvalue weighted by Gasteiger charge is 2.50. The van der Waals surface area contributed by atoms with Crippen LogP contribution < -0.4 is 21.2 Å². The third-order valence-corrected chi connectivity index (χ3v) is 10.4. The van der Waals surface area contributed by atoms with Gasteiger partial charge in [-0.25, -0.2) is 17.2 Å². The van der Waals surface area contributed by atoms with Crippen LogP contribution in [0.25, 0.3) is 0 Å². The summed E-state index contributed by atoms with van der Waals surface area (Å²) in [7, 11) is -7.92. The largest absolute Gasteiger partial charge is 0.744 e. The second-order valence-corrected chi connectivity index (χ2v) is 11.6. The second kappa shape index (κ2) is 8.31. The molecule has 7 heteroatoms. The van der Waals surface area contributed by atoms with Crippen LogP contribution in [0.4, 0.5) is 8.78 Å². The van der Waals surface area contributed by atoms with Crippen molar-refractivity contribution in [2.75, 3.05) is 0 Å². The molecule has 3 nitrogen and oxygen atoms in total. The standard InChI is InChI=1S/C24H17F2O3PS/c25-21-16-15-20(17-22(21)26)30(18-9-3-1-4-10-18,19-11-5-2-6-12-19)23-13-7-8-14-24(23)31(27,28)29/h1-17H. The average Bonchev–Trinajstić information content (AvgIpc) is 2.78. The molecule has 0 heterocycles. The molecule has 4 aromatic carbocycles. The van der Waals surface area contributed by atoms with E-state index in [1.807, 2.05) is 36.4 Å². The van der Waals surface area contributed by atoms with Crippen LogP contribution in [0.2, 0.25) is 0 Å². The third kappa shape index (κ3) is 3.79. The lowest BCUT2D eigenvalue weighted by atomic mass is 10.3. The van der Waals surface area contributed by atoms with E-state index >= 15 is 0 Å². The highest BCUT2D eigenvalue weighted by molar-refractivity contribution is 8.02. The molecule has 0 saturated carbocycles. The van der Waals surface area contributed by atoms with Crippen LogP contribution in [0.15, 0.2) is 108 Å². The van der Waals surface area contributed by atoms with Crippen molar-refractivity contribution in [3.8, 4) is 0 Å².